The number of ether oxygens (including phenoxy) is 1. The molecule has 1 heterocycles. The van der Waals surface area contributed by atoms with E-state index in [9.17, 15) is 0 Å². The first-order valence-corrected chi connectivity index (χ1v) is 5.75. The quantitative estimate of drug-likeness (QED) is 0.695. The molecule has 0 aromatic heterocycles. The van der Waals surface area contributed by atoms with Crippen molar-refractivity contribution in [3.63, 3.8) is 0 Å². The molecule has 1 aliphatic heterocycles. The second-order valence-corrected chi connectivity index (χ2v) is 4.11. The van der Waals surface area contributed by atoms with Crippen LogP contribution in [0, 0.1) is 0 Å². The van der Waals surface area contributed by atoms with Crippen LogP contribution in [0.25, 0.3) is 0 Å². The van der Waals surface area contributed by atoms with Crippen molar-refractivity contribution in [2.24, 2.45) is 0 Å². The number of rotatable bonds is 6. The minimum Gasteiger partial charge on any atom is -0.385 e. The maximum absolute atomic E-state index is 5.13. The Morgan fingerprint density at radius 1 is 1.57 bits per heavy atom. The summed E-state index contributed by atoms with van der Waals surface area (Å²) in [6.45, 7) is 8.92. The lowest BCUT2D eigenvalue weighted by Crippen LogP contribution is -2.43. The van der Waals surface area contributed by atoms with Crippen molar-refractivity contribution in [2.75, 3.05) is 33.4 Å². The van der Waals surface area contributed by atoms with Crippen molar-refractivity contribution in [1.29, 1.82) is 0 Å². The zero-order valence-electron chi connectivity index (χ0n) is 9.75. The maximum Gasteiger partial charge on any atom is 0.0477 e. The highest BCUT2D eigenvalue weighted by atomic mass is 16.5. The first-order chi connectivity index (χ1) is 6.79. The number of likely N-dealkylation sites (N-methyl/N-ethyl adjacent to an activating group) is 1. The first-order valence-electron chi connectivity index (χ1n) is 5.75. The Balaban J connectivity index is 2.34. The van der Waals surface area contributed by atoms with Crippen LogP contribution in [0.5, 0.6) is 0 Å². The summed E-state index contributed by atoms with van der Waals surface area (Å²) in [5.74, 6) is 0. The van der Waals surface area contributed by atoms with Gasteiger partial charge in [-0.15, -0.1) is 0 Å². The second-order valence-electron chi connectivity index (χ2n) is 4.11. The third-order valence-electron chi connectivity index (χ3n) is 3.17. The Kier molecular flexibility index (Phi) is 5.45. The van der Waals surface area contributed by atoms with E-state index in [2.05, 4.69) is 24.1 Å². The van der Waals surface area contributed by atoms with Crippen LogP contribution < -0.4 is 5.32 Å². The lowest BCUT2D eigenvalue weighted by molar-refractivity contribution is 0.115. The van der Waals surface area contributed by atoms with E-state index in [0.29, 0.717) is 6.04 Å². The topological polar surface area (TPSA) is 24.5 Å². The van der Waals surface area contributed by atoms with E-state index in [1.54, 1.807) is 7.11 Å². The third-order valence-corrected chi connectivity index (χ3v) is 3.17. The van der Waals surface area contributed by atoms with Crippen LogP contribution >= 0.6 is 0 Å². The average molecular weight is 200 g/mol. The largest absolute Gasteiger partial charge is 0.385 e. The van der Waals surface area contributed by atoms with E-state index >= 15 is 0 Å². The summed E-state index contributed by atoms with van der Waals surface area (Å²) >= 11 is 0. The van der Waals surface area contributed by atoms with Crippen LogP contribution in [0.4, 0.5) is 0 Å². The Morgan fingerprint density at radius 3 is 2.86 bits per heavy atom. The SMILES string of the molecule is CCN(C(C)CCOC)C1CCNC1. The molecule has 1 fully saturated rings. The molecular weight excluding hydrogens is 176 g/mol. The third kappa shape index (κ3) is 3.23. The van der Waals surface area contributed by atoms with Gasteiger partial charge in [0.05, 0.1) is 0 Å². The molecule has 84 valence electrons. The van der Waals surface area contributed by atoms with E-state index in [-0.39, 0.29) is 0 Å². The molecule has 14 heavy (non-hydrogen) atoms. The molecule has 3 heteroatoms. The number of methoxy groups -OCH3 is 1. The number of nitrogens with one attached hydrogen (secondary N) is 1. The van der Waals surface area contributed by atoms with Gasteiger partial charge < -0.3 is 10.1 Å². The van der Waals surface area contributed by atoms with Crippen LogP contribution in [0.1, 0.15) is 26.7 Å². The fourth-order valence-corrected chi connectivity index (χ4v) is 2.31. The molecule has 0 aromatic rings. The predicted octanol–water partition coefficient (Wildman–Crippen LogP) is 1.10. The Labute approximate surface area is 87.8 Å². The first kappa shape index (κ1) is 12.0. The summed E-state index contributed by atoms with van der Waals surface area (Å²) in [6, 6.07) is 1.39. The molecule has 0 radical (unpaired) electrons. The number of hydrogen-bond acceptors (Lipinski definition) is 3. The molecule has 0 amide bonds. The molecule has 3 nitrogen and oxygen atoms in total. The van der Waals surface area contributed by atoms with Gasteiger partial charge in [0, 0.05) is 32.3 Å². The molecule has 0 spiro atoms. The van der Waals surface area contributed by atoms with Gasteiger partial charge in [-0.2, -0.15) is 0 Å². The van der Waals surface area contributed by atoms with Crippen LogP contribution in [0.2, 0.25) is 0 Å². The summed E-state index contributed by atoms with van der Waals surface area (Å²) in [5, 5.41) is 3.43. The van der Waals surface area contributed by atoms with E-state index in [1.165, 1.54) is 13.0 Å². The smallest absolute Gasteiger partial charge is 0.0477 e. The van der Waals surface area contributed by atoms with Crippen molar-refractivity contribution in [3.05, 3.63) is 0 Å². The number of hydrogen-bond donors (Lipinski definition) is 1. The fourth-order valence-electron chi connectivity index (χ4n) is 2.31. The normalized spacial score (nSPS) is 24.4. The zero-order chi connectivity index (χ0) is 10.4. The van der Waals surface area contributed by atoms with E-state index in [4.69, 9.17) is 4.74 Å². The molecule has 2 unspecified atom stereocenters. The Hall–Kier alpha value is -0.120. The average Bonchev–Trinajstić information content (AvgIpc) is 2.69. The van der Waals surface area contributed by atoms with E-state index in [0.717, 1.165) is 32.2 Å². The monoisotopic (exact) mass is 200 g/mol. The van der Waals surface area contributed by atoms with Crippen molar-refractivity contribution < 1.29 is 4.74 Å². The van der Waals surface area contributed by atoms with Crippen molar-refractivity contribution >= 4 is 0 Å². The molecule has 0 bridgehead atoms. The van der Waals surface area contributed by atoms with E-state index < -0.39 is 0 Å². The highest BCUT2D eigenvalue weighted by Crippen LogP contribution is 2.14. The van der Waals surface area contributed by atoms with Gasteiger partial charge in [0.1, 0.15) is 0 Å². The van der Waals surface area contributed by atoms with Crippen LogP contribution in [-0.2, 0) is 4.74 Å². The maximum atomic E-state index is 5.13. The summed E-state index contributed by atoms with van der Waals surface area (Å²) in [5.41, 5.74) is 0. The standard InChI is InChI=1S/C11H24N2O/c1-4-13(10(2)6-8-14-3)11-5-7-12-9-11/h10-12H,4-9H2,1-3H3. The second kappa shape index (κ2) is 6.38. The molecule has 0 aromatic carbocycles. The molecule has 0 aliphatic carbocycles. The molecule has 1 saturated heterocycles. The van der Waals surface area contributed by atoms with Gasteiger partial charge in [-0.3, -0.25) is 4.90 Å². The van der Waals surface area contributed by atoms with Crippen molar-refractivity contribution in [1.82, 2.24) is 10.2 Å². The Bertz CT molecular complexity index is 146. The molecule has 1 rings (SSSR count). The van der Waals surface area contributed by atoms with E-state index in [1.807, 2.05) is 0 Å². The minimum absolute atomic E-state index is 0.643. The lowest BCUT2D eigenvalue weighted by atomic mass is 10.1. The molecule has 1 aliphatic rings. The summed E-state index contributed by atoms with van der Waals surface area (Å²) < 4.78 is 5.13. The zero-order valence-corrected chi connectivity index (χ0v) is 9.75. The van der Waals surface area contributed by atoms with Crippen molar-refractivity contribution in [3.8, 4) is 0 Å². The van der Waals surface area contributed by atoms with Gasteiger partial charge in [0.2, 0.25) is 0 Å². The van der Waals surface area contributed by atoms with Gasteiger partial charge in [0.15, 0.2) is 0 Å². The highest BCUT2D eigenvalue weighted by Gasteiger charge is 2.24. The summed E-state index contributed by atoms with van der Waals surface area (Å²) in [6.07, 6.45) is 2.44. The van der Waals surface area contributed by atoms with Crippen molar-refractivity contribution in [2.45, 2.75) is 38.8 Å². The van der Waals surface area contributed by atoms with Gasteiger partial charge in [-0.05, 0) is 32.9 Å². The van der Waals surface area contributed by atoms with Crippen LogP contribution in [-0.4, -0.2) is 50.3 Å². The van der Waals surface area contributed by atoms with Gasteiger partial charge >= 0.3 is 0 Å². The molecule has 1 N–H and O–H groups in total. The van der Waals surface area contributed by atoms with Gasteiger partial charge in [0.25, 0.3) is 0 Å². The molecule has 2 atom stereocenters. The highest BCUT2D eigenvalue weighted by molar-refractivity contribution is 4.82. The number of nitrogens with zero attached hydrogens (tertiary/aromatic N) is 1. The molecular formula is C11H24N2O. The summed E-state index contributed by atoms with van der Waals surface area (Å²) in [7, 11) is 1.78. The summed E-state index contributed by atoms with van der Waals surface area (Å²) in [4.78, 5) is 2.60. The minimum atomic E-state index is 0.643. The molecule has 0 saturated carbocycles. The van der Waals surface area contributed by atoms with Crippen LogP contribution in [0.3, 0.4) is 0 Å². The fraction of sp³-hybridized carbons (Fsp3) is 1.00. The van der Waals surface area contributed by atoms with Gasteiger partial charge in [-0.1, -0.05) is 6.92 Å². The lowest BCUT2D eigenvalue weighted by Gasteiger charge is -2.33. The van der Waals surface area contributed by atoms with Crippen LogP contribution in [0.15, 0.2) is 0 Å². The Morgan fingerprint density at radius 2 is 2.36 bits per heavy atom. The van der Waals surface area contributed by atoms with Gasteiger partial charge in [-0.25, -0.2) is 0 Å². The predicted molar refractivity (Wildman–Crippen MR) is 59.6 cm³/mol.